The van der Waals surface area contributed by atoms with Gasteiger partial charge in [0.25, 0.3) is 0 Å². The first-order chi connectivity index (χ1) is 15.0. The summed E-state index contributed by atoms with van der Waals surface area (Å²) in [5, 5.41) is 25.3. The highest BCUT2D eigenvalue weighted by Gasteiger charge is 2.32. The first-order valence-electron chi connectivity index (χ1n) is 9.65. The lowest BCUT2D eigenvalue weighted by molar-refractivity contribution is -0.144. The first kappa shape index (κ1) is 26.9. The molecule has 1 aromatic rings. The van der Waals surface area contributed by atoms with Crippen LogP contribution in [0.2, 0.25) is 0 Å². The molecule has 0 saturated carbocycles. The molecule has 0 fully saturated rings. The number of nitrogens with zero attached hydrogens (tertiary/aromatic N) is 1. The van der Waals surface area contributed by atoms with Gasteiger partial charge in [-0.05, 0) is 5.92 Å². The summed E-state index contributed by atoms with van der Waals surface area (Å²) in [6, 6.07) is -5.10. The van der Waals surface area contributed by atoms with Crippen molar-refractivity contribution >= 4 is 42.3 Å². The maximum atomic E-state index is 12.9. The van der Waals surface area contributed by atoms with Crippen molar-refractivity contribution in [2.75, 3.05) is 5.75 Å². The molecule has 0 spiro atoms. The van der Waals surface area contributed by atoms with Crippen molar-refractivity contribution in [2.45, 2.75) is 50.9 Å². The average Bonchev–Trinajstić information content (AvgIpc) is 3.22. The predicted octanol–water partition coefficient (Wildman–Crippen LogP) is -2.12. The number of aliphatic carboxylic acids is 2. The number of aromatic amines is 1. The monoisotopic (exact) mass is 472 g/mol. The number of imidazole rings is 1. The zero-order chi connectivity index (χ0) is 24.4. The SMILES string of the molecule is CC(C)C(NC(=O)C(CC(=O)O)NC(=O)C(Cc1cnc[nH]1)NC(=O)C(N)CS)C(=O)O. The lowest BCUT2D eigenvalue weighted by atomic mass is 10.0. The molecule has 1 aromatic heterocycles. The Morgan fingerprint density at radius 2 is 1.66 bits per heavy atom. The second kappa shape index (κ2) is 12.7. The van der Waals surface area contributed by atoms with Gasteiger partial charge in [0.1, 0.15) is 18.1 Å². The van der Waals surface area contributed by atoms with Gasteiger partial charge in [0, 0.05) is 24.1 Å². The number of carboxylic acid groups (broad SMARTS) is 2. The van der Waals surface area contributed by atoms with Crippen molar-refractivity contribution in [1.82, 2.24) is 25.9 Å². The molecule has 1 heterocycles. The van der Waals surface area contributed by atoms with Gasteiger partial charge in [-0.25, -0.2) is 9.78 Å². The molecular weight excluding hydrogens is 444 g/mol. The van der Waals surface area contributed by atoms with Crippen LogP contribution >= 0.6 is 12.6 Å². The highest BCUT2D eigenvalue weighted by molar-refractivity contribution is 7.80. The topological polar surface area (TPSA) is 217 Å². The van der Waals surface area contributed by atoms with Crippen molar-refractivity contribution in [3.05, 3.63) is 18.2 Å². The van der Waals surface area contributed by atoms with E-state index in [1.807, 2.05) is 0 Å². The molecule has 14 heteroatoms. The van der Waals surface area contributed by atoms with Gasteiger partial charge in [0.05, 0.1) is 18.8 Å². The van der Waals surface area contributed by atoms with Gasteiger partial charge in [-0.3, -0.25) is 19.2 Å². The number of H-pyrrole nitrogens is 1. The Kier molecular flexibility index (Phi) is 10.6. The molecule has 13 nitrogen and oxygen atoms in total. The Bertz CT molecular complexity index is 817. The molecule has 0 aliphatic heterocycles. The van der Waals surface area contributed by atoms with Gasteiger partial charge >= 0.3 is 11.9 Å². The Morgan fingerprint density at radius 3 is 2.12 bits per heavy atom. The fourth-order valence-corrected chi connectivity index (χ4v) is 2.78. The van der Waals surface area contributed by atoms with E-state index in [2.05, 4.69) is 38.5 Å². The molecule has 4 atom stereocenters. The second-order valence-corrected chi connectivity index (χ2v) is 7.72. The van der Waals surface area contributed by atoms with Crippen LogP contribution in [0.1, 0.15) is 26.0 Å². The minimum atomic E-state index is -1.58. The number of aromatic nitrogens is 2. The van der Waals surface area contributed by atoms with E-state index in [9.17, 15) is 29.1 Å². The summed E-state index contributed by atoms with van der Waals surface area (Å²) in [5.41, 5.74) is 6.11. The van der Waals surface area contributed by atoms with E-state index in [1.165, 1.54) is 12.5 Å². The number of nitrogens with two attached hydrogens (primary N) is 1. The van der Waals surface area contributed by atoms with Crippen molar-refractivity contribution in [2.24, 2.45) is 11.7 Å². The van der Waals surface area contributed by atoms with E-state index in [0.29, 0.717) is 5.69 Å². The lowest BCUT2D eigenvalue weighted by Crippen LogP contribution is -2.58. The molecule has 0 aliphatic carbocycles. The molecule has 0 saturated heterocycles. The third-order valence-electron chi connectivity index (χ3n) is 4.39. The van der Waals surface area contributed by atoms with E-state index in [0.717, 1.165) is 0 Å². The largest absolute Gasteiger partial charge is 0.481 e. The number of hydrogen-bond acceptors (Lipinski definition) is 8. The smallest absolute Gasteiger partial charge is 0.326 e. The second-order valence-electron chi connectivity index (χ2n) is 7.36. The van der Waals surface area contributed by atoms with Gasteiger partial charge in [-0.1, -0.05) is 13.8 Å². The first-order valence-corrected chi connectivity index (χ1v) is 10.3. The van der Waals surface area contributed by atoms with E-state index >= 15 is 0 Å². The van der Waals surface area contributed by atoms with Gasteiger partial charge in [-0.15, -0.1) is 0 Å². The third kappa shape index (κ3) is 8.55. The van der Waals surface area contributed by atoms with Crippen LogP contribution in [0, 0.1) is 5.92 Å². The van der Waals surface area contributed by atoms with Crippen LogP contribution in [-0.4, -0.2) is 79.8 Å². The van der Waals surface area contributed by atoms with Crippen LogP contribution in [0.15, 0.2) is 12.5 Å². The highest BCUT2D eigenvalue weighted by atomic mass is 32.1. The summed E-state index contributed by atoms with van der Waals surface area (Å²) in [4.78, 5) is 66.8. The minimum absolute atomic E-state index is 0.0139. The van der Waals surface area contributed by atoms with Gasteiger partial charge < -0.3 is 36.9 Å². The van der Waals surface area contributed by atoms with E-state index in [-0.39, 0.29) is 12.2 Å². The standard InChI is InChI=1S/C18H28N6O7S/c1-8(2)14(18(30)31)24-17(29)12(4-13(25)26)23-16(28)11(3-9-5-20-7-21-9)22-15(27)10(19)6-32/h5,7-8,10-12,14,32H,3-4,6,19H2,1-2H3,(H,20,21)(H,22,27)(H,23,28)(H,24,29)(H,25,26)(H,30,31). The average molecular weight is 473 g/mol. The highest BCUT2D eigenvalue weighted by Crippen LogP contribution is 2.05. The molecule has 32 heavy (non-hydrogen) atoms. The zero-order valence-corrected chi connectivity index (χ0v) is 18.5. The van der Waals surface area contributed by atoms with Gasteiger partial charge in [0.2, 0.25) is 17.7 Å². The Balaban J connectivity index is 3.04. The van der Waals surface area contributed by atoms with Crippen LogP contribution in [0.3, 0.4) is 0 Å². The minimum Gasteiger partial charge on any atom is -0.481 e. The summed E-state index contributed by atoms with van der Waals surface area (Å²) in [7, 11) is 0. The number of carbonyl (C=O) groups is 5. The fourth-order valence-electron chi connectivity index (χ4n) is 2.61. The molecule has 0 aromatic carbocycles. The molecule has 1 rings (SSSR count). The Hall–Kier alpha value is -3.13. The summed E-state index contributed by atoms with van der Waals surface area (Å²) < 4.78 is 0. The summed E-state index contributed by atoms with van der Waals surface area (Å²) in [6.45, 7) is 3.12. The number of carboxylic acids is 2. The van der Waals surface area contributed by atoms with Crippen molar-refractivity contribution in [3.8, 4) is 0 Å². The quantitative estimate of drug-likeness (QED) is 0.147. The number of thiol groups is 1. The number of nitrogens with one attached hydrogen (secondary N) is 4. The fraction of sp³-hybridized carbons (Fsp3) is 0.556. The number of amides is 3. The third-order valence-corrected chi connectivity index (χ3v) is 4.78. The normalized spacial score (nSPS) is 14.7. The lowest BCUT2D eigenvalue weighted by Gasteiger charge is -2.25. The van der Waals surface area contributed by atoms with Crippen LogP contribution in [0.5, 0.6) is 0 Å². The van der Waals surface area contributed by atoms with Crippen molar-refractivity contribution in [3.63, 3.8) is 0 Å². The zero-order valence-electron chi connectivity index (χ0n) is 17.6. The molecule has 8 N–H and O–H groups in total. The summed E-state index contributed by atoms with van der Waals surface area (Å²) >= 11 is 3.93. The van der Waals surface area contributed by atoms with Gasteiger partial charge in [-0.2, -0.15) is 12.6 Å². The van der Waals surface area contributed by atoms with E-state index in [1.54, 1.807) is 13.8 Å². The molecule has 0 bridgehead atoms. The molecule has 3 amide bonds. The number of rotatable bonds is 13. The number of hydrogen-bond donors (Lipinski definition) is 8. The van der Waals surface area contributed by atoms with Crippen LogP contribution in [0.4, 0.5) is 0 Å². The van der Waals surface area contributed by atoms with Crippen LogP contribution in [0.25, 0.3) is 0 Å². The molecule has 178 valence electrons. The van der Waals surface area contributed by atoms with Gasteiger partial charge in [0.15, 0.2) is 0 Å². The van der Waals surface area contributed by atoms with Crippen LogP contribution in [-0.2, 0) is 30.4 Å². The predicted molar refractivity (Wildman–Crippen MR) is 115 cm³/mol. The molecular formula is C18H28N6O7S. The van der Waals surface area contributed by atoms with Crippen LogP contribution < -0.4 is 21.7 Å². The Morgan fingerprint density at radius 1 is 1.06 bits per heavy atom. The van der Waals surface area contributed by atoms with Crippen molar-refractivity contribution in [1.29, 1.82) is 0 Å². The Labute approximate surface area is 189 Å². The molecule has 4 unspecified atom stereocenters. The van der Waals surface area contributed by atoms with E-state index < -0.39 is 66.2 Å². The molecule has 0 radical (unpaired) electrons. The maximum absolute atomic E-state index is 12.9. The summed E-state index contributed by atoms with van der Waals surface area (Å²) in [5.74, 6) is -5.71. The number of carbonyl (C=O) groups excluding carboxylic acids is 3. The van der Waals surface area contributed by atoms with Crippen molar-refractivity contribution < 1.29 is 34.2 Å². The maximum Gasteiger partial charge on any atom is 0.326 e. The summed E-state index contributed by atoms with van der Waals surface area (Å²) in [6.07, 6.45) is 1.93. The van der Waals surface area contributed by atoms with E-state index in [4.69, 9.17) is 10.8 Å². The molecule has 0 aliphatic rings.